The molecule has 3 atom stereocenters. The number of nitrogens with zero attached hydrogens (tertiary/aromatic N) is 1. The zero-order valence-electron chi connectivity index (χ0n) is 12.9. The van der Waals surface area contributed by atoms with Crippen molar-refractivity contribution in [3.63, 3.8) is 0 Å². The van der Waals surface area contributed by atoms with Crippen LogP contribution in [-0.4, -0.2) is 47.8 Å². The Morgan fingerprint density at radius 3 is 2.44 bits per heavy atom. The van der Waals surface area contributed by atoms with E-state index in [1.54, 1.807) is 0 Å². The van der Waals surface area contributed by atoms with Crippen molar-refractivity contribution in [1.82, 2.24) is 10.2 Å². The second kappa shape index (κ2) is 6.88. The van der Waals surface area contributed by atoms with E-state index in [1.807, 2.05) is 0 Å². The van der Waals surface area contributed by atoms with Crippen LogP contribution in [0.3, 0.4) is 0 Å². The van der Waals surface area contributed by atoms with Gasteiger partial charge in [-0.3, -0.25) is 0 Å². The van der Waals surface area contributed by atoms with Crippen molar-refractivity contribution in [2.24, 2.45) is 5.92 Å². The quantitative estimate of drug-likeness (QED) is 0.765. The summed E-state index contributed by atoms with van der Waals surface area (Å²) < 4.78 is 0. The van der Waals surface area contributed by atoms with Crippen molar-refractivity contribution in [3.8, 4) is 0 Å². The van der Waals surface area contributed by atoms with Crippen LogP contribution in [0, 0.1) is 5.92 Å². The predicted octanol–water partition coefficient (Wildman–Crippen LogP) is 2.25. The first-order valence-corrected chi connectivity index (χ1v) is 7.47. The van der Waals surface area contributed by atoms with Gasteiger partial charge in [0.05, 0.1) is 12.1 Å². The third-order valence-corrected chi connectivity index (χ3v) is 4.22. The van der Waals surface area contributed by atoms with Gasteiger partial charge in [0.1, 0.15) is 0 Å². The molecule has 1 rings (SSSR count). The molecule has 0 aromatic heterocycles. The molecule has 108 valence electrons. The molecule has 2 N–H and O–H groups in total. The lowest BCUT2D eigenvalue weighted by Gasteiger charge is -2.42. The van der Waals surface area contributed by atoms with Crippen molar-refractivity contribution in [2.75, 3.05) is 20.2 Å². The zero-order valence-corrected chi connectivity index (χ0v) is 12.9. The average Bonchev–Trinajstić information content (AvgIpc) is 2.28. The smallest absolute Gasteiger partial charge is 0.0623 e. The third kappa shape index (κ3) is 4.52. The number of nitrogens with one attached hydrogen (secondary N) is 1. The van der Waals surface area contributed by atoms with Gasteiger partial charge in [-0.05, 0) is 32.7 Å². The summed E-state index contributed by atoms with van der Waals surface area (Å²) in [7, 11) is 2.21. The van der Waals surface area contributed by atoms with E-state index in [2.05, 4.69) is 45.0 Å². The fourth-order valence-corrected chi connectivity index (χ4v) is 3.46. The van der Waals surface area contributed by atoms with Gasteiger partial charge in [0.25, 0.3) is 0 Å². The molecule has 3 heteroatoms. The Hall–Kier alpha value is -0.120. The van der Waals surface area contributed by atoms with Crippen LogP contribution in [-0.2, 0) is 0 Å². The Labute approximate surface area is 113 Å². The molecule has 0 aromatic carbocycles. The summed E-state index contributed by atoms with van der Waals surface area (Å²) in [5, 5.41) is 13.2. The molecule has 0 saturated heterocycles. The van der Waals surface area contributed by atoms with Crippen LogP contribution in [0.4, 0.5) is 0 Å². The molecule has 1 fully saturated rings. The minimum Gasteiger partial charge on any atom is -0.394 e. The van der Waals surface area contributed by atoms with Gasteiger partial charge in [-0.2, -0.15) is 0 Å². The lowest BCUT2D eigenvalue weighted by Crippen LogP contribution is -2.57. The second-order valence-corrected chi connectivity index (χ2v) is 6.76. The van der Waals surface area contributed by atoms with E-state index in [1.165, 1.54) is 25.7 Å². The van der Waals surface area contributed by atoms with Gasteiger partial charge in [0.15, 0.2) is 0 Å². The Kier molecular flexibility index (Phi) is 6.09. The largest absolute Gasteiger partial charge is 0.394 e. The van der Waals surface area contributed by atoms with E-state index in [9.17, 15) is 5.11 Å². The average molecular weight is 256 g/mol. The molecule has 1 aliphatic carbocycles. The van der Waals surface area contributed by atoms with Gasteiger partial charge >= 0.3 is 0 Å². The summed E-state index contributed by atoms with van der Waals surface area (Å²) in [5.74, 6) is 0.783. The minimum atomic E-state index is -0.194. The Balaban J connectivity index is 2.57. The molecule has 0 amide bonds. The molecule has 3 nitrogen and oxygen atoms in total. The molecular formula is C15H32N2O. The van der Waals surface area contributed by atoms with E-state index in [4.69, 9.17) is 0 Å². The molecule has 0 spiro atoms. The molecule has 18 heavy (non-hydrogen) atoms. The van der Waals surface area contributed by atoms with Gasteiger partial charge in [0, 0.05) is 18.6 Å². The highest BCUT2D eigenvalue weighted by Crippen LogP contribution is 2.28. The lowest BCUT2D eigenvalue weighted by molar-refractivity contribution is 0.0734. The van der Waals surface area contributed by atoms with Crippen molar-refractivity contribution in [2.45, 2.75) is 71.0 Å². The molecule has 1 aliphatic rings. The number of rotatable bonds is 6. The number of hydrogen-bond donors (Lipinski definition) is 2. The molecule has 3 unspecified atom stereocenters. The number of likely N-dealkylation sites (N-methyl/N-ethyl adjacent to an activating group) is 1. The van der Waals surface area contributed by atoms with Crippen LogP contribution >= 0.6 is 0 Å². The van der Waals surface area contributed by atoms with Crippen molar-refractivity contribution in [3.05, 3.63) is 0 Å². The zero-order chi connectivity index (χ0) is 13.8. The summed E-state index contributed by atoms with van der Waals surface area (Å²) in [5.41, 5.74) is -0.194. The van der Waals surface area contributed by atoms with Crippen molar-refractivity contribution in [1.29, 1.82) is 0 Å². The monoisotopic (exact) mass is 256 g/mol. The third-order valence-electron chi connectivity index (χ3n) is 4.22. The van der Waals surface area contributed by atoms with Gasteiger partial charge in [-0.15, -0.1) is 0 Å². The van der Waals surface area contributed by atoms with E-state index < -0.39 is 0 Å². The van der Waals surface area contributed by atoms with Crippen LogP contribution in [0.2, 0.25) is 0 Å². The van der Waals surface area contributed by atoms with E-state index in [-0.39, 0.29) is 12.1 Å². The summed E-state index contributed by atoms with van der Waals surface area (Å²) >= 11 is 0. The molecule has 0 aliphatic heterocycles. The molecular weight excluding hydrogens is 224 g/mol. The van der Waals surface area contributed by atoms with Gasteiger partial charge < -0.3 is 15.3 Å². The lowest BCUT2D eigenvalue weighted by atomic mass is 9.84. The molecule has 1 saturated carbocycles. The fourth-order valence-electron chi connectivity index (χ4n) is 3.46. The van der Waals surface area contributed by atoms with E-state index in [0.717, 1.165) is 12.5 Å². The maximum atomic E-state index is 9.66. The highest BCUT2D eigenvalue weighted by molar-refractivity contribution is 4.90. The predicted molar refractivity (Wildman–Crippen MR) is 77.8 cm³/mol. The summed E-state index contributed by atoms with van der Waals surface area (Å²) in [4.78, 5) is 2.45. The van der Waals surface area contributed by atoms with Gasteiger partial charge in [-0.25, -0.2) is 0 Å². The highest BCUT2D eigenvalue weighted by atomic mass is 16.3. The molecule has 0 aromatic rings. The first-order chi connectivity index (χ1) is 8.38. The van der Waals surface area contributed by atoms with Crippen molar-refractivity contribution < 1.29 is 5.11 Å². The summed E-state index contributed by atoms with van der Waals surface area (Å²) in [6.45, 7) is 9.87. The topological polar surface area (TPSA) is 35.5 Å². The molecule has 0 radical (unpaired) electrons. The fraction of sp³-hybridized carbons (Fsp3) is 1.00. The standard InChI is InChI=1S/C15H32N2O/c1-12(2)16-15(4,11-18)10-17(5)14-9-7-6-8-13(14)3/h12-14,16,18H,6-11H2,1-5H3. The second-order valence-electron chi connectivity index (χ2n) is 6.76. The maximum absolute atomic E-state index is 9.66. The Morgan fingerprint density at radius 2 is 1.94 bits per heavy atom. The van der Waals surface area contributed by atoms with E-state index >= 15 is 0 Å². The summed E-state index contributed by atoms with van der Waals surface area (Å²) in [6, 6.07) is 1.08. The van der Waals surface area contributed by atoms with Crippen LogP contribution in [0.25, 0.3) is 0 Å². The first-order valence-electron chi connectivity index (χ1n) is 7.47. The van der Waals surface area contributed by atoms with Gasteiger partial charge in [0.2, 0.25) is 0 Å². The first kappa shape index (κ1) is 15.9. The van der Waals surface area contributed by atoms with Crippen molar-refractivity contribution >= 4 is 0 Å². The maximum Gasteiger partial charge on any atom is 0.0623 e. The Morgan fingerprint density at radius 1 is 1.33 bits per heavy atom. The Bertz CT molecular complexity index is 245. The van der Waals surface area contributed by atoms with Crippen LogP contribution < -0.4 is 5.32 Å². The molecule has 0 bridgehead atoms. The van der Waals surface area contributed by atoms with E-state index in [0.29, 0.717) is 12.1 Å². The molecule has 0 heterocycles. The van der Waals surface area contributed by atoms with Crippen LogP contribution in [0.5, 0.6) is 0 Å². The number of hydrogen-bond acceptors (Lipinski definition) is 3. The minimum absolute atomic E-state index is 0.191. The van der Waals surface area contributed by atoms with Crippen LogP contribution in [0.15, 0.2) is 0 Å². The summed E-state index contributed by atoms with van der Waals surface area (Å²) in [6.07, 6.45) is 5.39. The number of aliphatic hydroxyl groups excluding tert-OH is 1. The SMILES string of the molecule is CC(C)NC(C)(CO)CN(C)C1CCCCC1C. The van der Waals surface area contributed by atoms with Crippen LogP contribution in [0.1, 0.15) is 53.4 Å². The number of aliphatic hydroxyl groups is 1. The normalized spacial score (nSPS) is 28.7. The highest BCUT2D eigenvalue weighted by Gasteiger charge is 2.31. The van der Waals surface area contributed by atoms with Gasteiger partial charge in [-0.1, -0.05) is 33.6 Å².